The van der Waals surface area contributed by atoms with Crippen LogP contribution < -0.4 is 5.48 Å². The van der Waals surface area contributed by atoms with E-state index >= 15 is 0 Å². The number of rotatable bonds is 3. The molecule has 60 valence electrons. The minimum Gasteiger partial charge on any atom is -0.748 e. The molecule has 6 nitrogen and oxygen atoms in total. The van der Waals surface area contributed by atoms with E-state index in [1.165, 1.54) is 5.48 Å². The van der Waals surface area contributed by atoms with E-state index in [0.29, 0.717) is 0 Å². The maximum absolute atomic E-state index is 10.2. The Kier molecular flexibility index (Phi) is 4.81. The Morgan fingerprint density at radius 2 is 2.40 bits per heavy atom. The van der Waals surface area contributed by atoms with Gasteiger partial charge >= 0.3 is 6.09 Å². The Labute approximate surface area is 59.9 Å². The quantitative estimate of drug-likeness (QED) is 0.451. The lowest BCUT2D eigenvalue weighted by Gasteiger charge is -2.05. The first-order valence-corrected chi connectivity index (χ1v) is 3.36. The molecule has 0 heterocycles. The second-order valence-electron chi connectivity index (χ2n) is 1.11. The van der Waals surface area contributed by atoms with E-state index in [1.807, 2.05) is 0 Å². The Morgan fingerprint density at radius 3 is 2.80 bits per heavy atom. The van der Waals surface area contributed by atoms with E-state index in [1.54, 1.807) is 6.92 Å². The smallest absolute Gasteiger partial charge is 0.432 e. The molecule has 0 aliphatic heterocycles. The van der Waals surface area contributed by atoms with Gasteiger partial charge in [-0.15, -0.1) is 0 Å². The molecular formula is C3H6NO5S-. The molecular weight excluding hydrogens is 162 g/mol. The first kappa shape index (κ1) is 9.34. The highest BCUT2D eigenvalue weighted by Crippen LogP contribution is 1.77. The van der Waals surface area contributed by atoms with Crippen molar-refractivity contribution in [3.05, 3.63) is 0 Å². The van der Waals surface area contributed by atoms with Crippen LogP contribution in [0.3, 0.4) is 0 Å². The summed E-state index contributed by atoms with van der Waals surface area (Å²) in [7, 11) is 0. The number of amides is 1. The number of ether oxygens (including phenoxy) is 1. The summed E-state index contributed by atoms with van der Waals surface area (Å²) in [5.74, 6) is 0. The Hall–Kier alpha value is -0.660. The van der Waals surface area contributed by atoms with E-state index in [0.717, 1.165) is 0 Å². The van der Waals surface area contributed by atoms with Gasteiger partial charge in [-0.1, -0.05) is 0 Å². The fourth-order valence-corrected chi connectivity index (χ4v) is 0.365. The summed E-state index contributed by atoms with van der Waals surface area (Å²) < 4.78 is 27.1. The lowest BCUT2D eigenvalue weighted by Crippen LogP contribution is -2.25. The van der Waals surface area contributed by atoms with Crippen LogP contribution in [0.4, 0.5) is 4.79 Å². The number of hydroxylamine groups is 1. The monoisotopic (exact) mass is 168 g/mol. The standard InChI is InChI=1S/C3H7NO5S/c1-2-8-3(5)4-9-10(6)7/h2H2,1H3,(H,4,5)(H,6,7)/p-1. The van der Waals surface area contributed by atoms with Gasteiger partial charge in [-0.25, -0.2) is 9.00 Å². The SMILES string of the molecule is CCOC(=O)NOS(=O)[O-]. The summed E-state index contributed by atoms with van der Waals surface area (Å²) in [5, 5.41) is 0. The Balaban J connectivity index is 3.30. The minimum atomic E-state index is -2.75. The van der Waals surface area contributed by atoms with Crippen LogP contribution in [0, 0.1) is 0 Å². The highest BCUT2D eigenvalue weighted by atomic mass is 32.2. The van der Waals surface area contributed by atoms with E-state index in [9.17, 15) is 13.6 Å². The second-order valence-corrected chi connectivity index (χ2v) is 1.68. The van der Waals surface area contributed by atoms with E-state index < -0.39 is 17.5 Å². The molecule has 0 aliphatic rings. The average Bonchev–Trinajstić information content (AvgIpc) is 1.85. The van der Waals surface area contributed by atoms with E-state index in [2.05, 4.69) is 9.02 Å². The third-order valence-corrected chi connectivity index (χ3v) is 0.688. The molecule has 0 saturated heterocycles. The first-order valence-electron chi connectivity index (χ1n) is 2.36. The van der Waals surface area contributed by atoms with Gasteiger partial charge in [0.15, 0.2) is 0 Å². The summed E-state index contributed by atoms with van der Waals surface area (Å²) in [6.45, 7) is 1.73. The first-order chi connectivity index (χ1) is 4.66. The fourth-order valence-electron chi connectivity index (χ4n) is 0.229. The van der Waals surface area contributed by atoms with Gasteiger partial charge < -0.3 is 9.29 Å². The van der Waals surface area contributed by atoms with Crippen LogP contribution in [-0.4, -0.2) is 21.5 Å². The van der Waals surface area contributed by atoms with Crippen molar-refractivity contribution < 1.29 is 22.6 Å². The molecule has 7 heteroatoms. The molecule has 0 aromatic carbocycles. The van der Waals surface area contributed by atoms with Gasteiger partial charge in [-0.3, -0.25) is 0 Å². The van der Waals surface area contributed by atoms with Crippen molar-refractivity contribution in [1.29, 1.82) is 0 Å². The predicted octanol–water partition coefficient (Wildman–Crippen LogP) is -0.542. The summed E-state index contributed by atoms with van der Waals surface area (Å²) in [6.07, 6.45) is -0.938. The zero-order valence-corrected chi connectivity index (χ0v) is 5.97. The van der Waals surface area contributed by atoms with Gasteiger partial charge in [0, 0.05) is 0 Å². The molecule has 10 heavy (non-hydrogen) atoms. The van der Waals surface area contributed by atoms with Crippen molar-refractivity contribution in [3.63, 3.8) is 0 Å². The highest BCUT2D eigenvalue weighted by Gasteiger charge is 1.97. The maximum atomic E-state index is 10.2. The normalized spacial score (nSPS) is 12.2. The van der Waals surface area contributed by atoms with E-state index in [4.69, 9.17) is 0 Å². The lowest BCUT2D eigenvalue weighted by atomic mass is 10.9. The summed E-state index contributed by atoms with van der Waals surface area (Å²) in [6, 6.07) is 0. The largest absolute Gasteiger partial charge is 0.748 e. The van der Waals surface area contributed by atoms with Crippen molar-refractivity contribution in [2.75, 3.05) is 6.61 Å². The molecule has 1 atom stereocenters. The van der Waals surface area contributed by atoms with Gasteiger partial charge in [-0.2, -0.15) is 9.76 Å². The number of hydrogen-bond acceptors (Lipinski definition) is 5. The van der Waals surface area contributed by atoms with Crippen molar-refractivity contribution >= 4 is 17.5 Å². The molecule has 0 aromatic rings. The van der Waals surface area contributed by atoms with Crippen LogP contribution in [0.1, 0.15) is 6.92 Å². The fraction of sp³-hybridized carbons (Fsp3) is 0.667. The molecule has 0 aliphatic carbocycles. The molecule has 0 spiro atoms. The maximum Gasteiger partial charge on any atom is 0.432 e. The molecule has 0 saturated carbocycles. The molecule has 1 unspecified atom stereocenters. The molecule has 0 fully saturated rings. The van der Waals surface area contributed by atoms with Crippen molar-refractivity contribution in [2.24, 2.45) is 0 Å². The second kappa shape index (κ2) is 5.15. The summed E-state index contributed by atoms with van der Waals surface area (Å²) in [4.78, 5) is 10.2. The van der Waals surface area contributed by atoms with Gasteiger partial charge in [0.1, 0.15) is 11.4 Å². The van der Waals surface area contributed by atoms with Gasteiger partial charge in [-0.05, 0) is 6.92 Å². The molecule has 0 radical (unpaired) electrons. The summed E-state index contributed by atoms with van der Waals surface area (Å²) in [5.41, 5.74) is 1.51. The Bertz CT molecular complexity index is 137. The third kappa shape index (κ3) is 5.48. The zero-order chi connectivity index (χ0) is 7.98. The highest BCUT2D eigenvalue weighted by molar-refractivity contribution is 7.74. The van der Waals surface area contributed by atoms with Gasteiger partial charge in [0.2, 0.25) is 0 Å². The van der Waals surface area contributed by atoms with Crippen LogP contribution in [0.15, 0.2) is 0 Å². The molecule has 1 amide bonds. The third-order valence-electron chi connectivity index (χ3n) is 0.468. The number of carbonyl (C=O) groups is 1. The topological polar surface area (TPSA) is 87.7 Å². The van der Waals surface area contributed by atoms with Crippen LogP contribution >= 0.6 is 0 Å². The van der Waals surface area contributed by atoms with Crippen LogP contribution in [0.5, 0.6) is 0 Å². The van der Waals surface area contributed by atoms with Crippen LogP contribution in [-0.2, 0) is 20.4 Å². The number of carbonyl (C=O) groups excluding carboxylic acids is 1. The van der Waals surface area contributed by atoms with Crippen LogP contribution in [0.25, 0.3) is 0 Å². The van der Waals surface area contributed by atoms with Crippen molar-refractivity contribution in [3.8, 4) is 0 Å². The van der Waals surface area contributed by atoms with Crippen molar-refractivity contribution in [2.45, 2.75) is 6.92 Å². The van der Waals surface area contributed by atoms with E-state index in [-0.39, 0.29) is 6.61 Å². The van der Waals surface area contributed by atoms with Crippen LogP contribution in [0.2, 0.25) is 0 Å². The van der Waals surface area contributed by atoms with Crippen molar-refractivity contribution in [1.82, 2.24) is 5.48 Å². The lowest BCUT2D eigenvalue weighted by molar-refractivity contribution is 0.105. The average molecular weight is 168 g/mol. The minimum absolute atomic E-state index is 0.153. The predicted molar refractivity (Wildman–Crippen MR) is 30.2 cm³/mol. The molecule has 0 bridgehead atoms. The van der Waals surface area contributed by atoms with Gasteiger partial charge in [0.25, 0.3) is 0 Å². The molecule has 0 rings (SSSR count). The molecule has 0 aromatic heterocycles. The number of nitrogens with one attached hydrogen (secondary N) is 1. The molecule has 1 N–H and O–H groups in total. The zero-order valence-electron chi connectivity index (χ0n) is 5.16. The summed E-state index contributed by atoms with van der Waals surface area (Å²) >= 11 is -2.75. The number of hydrogen-bond donors (Lipinski definition) is 1. The Morgan fingerprint density at radius 1 is 1.80 bits per heavy atom. The van der Waals surface area contributed by atoms with Gasteiger partial charge in [0.05, 0.1) is 6.61 Å².